The molecule has 2 atom stereocenters. The second-order valence-corrected chi connectivity index (χ2v) is 10.9. The molecular formula is C28H40N6O5. The Bertz CT molecular complexity index is 1290. The molecule has 1 fully saturated rings. The summed E-state index contributed by atoms with van der Waals surface area (Å²) in [6, 6.07) is 5.58. The van der Waals surface area contributed by atoms with Crippen LogP contribution >= 0.6 is 0 Å². The van der Waals surface area contributed by atoms with Gasteiger partial charge in [0.25, 0.3) is 5.56 Å². The van der Waals surface area contributed by atoms with Crippen LogP contribution in [0.3, 0.4) is 0 Å². The number of H-pyrrole nitrogens is 1. The van der Waals surface area contributed by atoms with Crippen LogP contribution in [-0.2, 0) is 14.2 Å². The van der Waals surface area contributed by atoms with Crippen LogP contribution in [0.1, 0.15) is 66.0 Å². The maximum Gasteiger partial charge on any atom is 0.407 e. The van der Waals surface area contributed by atoms with Crippen molar-refractivity contribution >= 4 is 22.7 Å². The van der Waals surface area contributed by atoms with Crippen molar-refractivity contribution in [2.75, 3.05) is 31.7 Å². The fourth-order valence-electron chi connectivity index (χ4n) is 4.57. The van der Waals surface area contributed by atoms with Crippen molar-refractivity contribution in [2.45, 2.75) is 77.7 Å². The summed E-state index contributed by atoms with van der Waals surface area (Å²) in [5.74, 6) is 0. The SMILES string of the molecule is C[C@@H](CCCOCCNc1cc(-c2cn[nH]c(=O)c2)cc2c1cnn2C1CCCCO1)NC(=O)OC(C)(C)C. The van der Waals surface area contributed by atoms with Crippen molar-refractivity contribution in [3.8, 4) is 11.1 Å². The predicted molar refractivity (Wildman–Crippen MR) is 150 cm³/mol. The Kier molecular flexibility index (Phi) is 9.58. The summed E-state index contributed by atoms with van der Waals surface area (Å²) in [4.78, 5) is 23.8. The highest BCUT2D eigenvalue weighted by molar-refractivity contribution is 5.95. The van der Waals surface area contributed by atoms with Gasteiger partial charge in [-0.2, -0.15) is 10.2 Å². The quantitative estimate of drug-likeness (QED) is 0.301. The molecule has 1 amide bonds. The maximum atomic E-state index is 11.9. The normalized spacial score (nSPS) is 16.7. The number of hydrogen-bond acceptors (Lipinski definition) is 8. The van der Waals surface area contributed by atoms with E-state index in [9.17, 15) is 9.59 Å². The molecule has 0 aliphatic carbocycles. The van der Waals surface area contributed by atoms with Gasteiger partial charge in [0.05, 0.1) is 24.5 Å². The van der Waals surface area contributed by atoms with E-state index in [0.29, 0.717) is 19.8 Å². The van der Waals surface area contributed by atoms with Gasteiger partial charge in [-0.1, -0.05) is 0 Å². The van der Waals surface area contributed by atoms with Crippen LogP contribution in [0.25, 0.3) is 22.0 Å². The summed E-state index contributed by atoms with van der Waals surface area (Å²) in [7, 11) is 0. The first-order valence-corrected chi connectivity index (χ1v) is 13.7. The number of aromatic nitrogens is 4. The van der Waals surface area contributed by atoms with Gasteiger partial charge in [0.1, 0.15) is 5.60 Å². The first kappa shape index (κ1) is 28.6. The van der Waals surface area contributed by atoms with Gasteiger partial charge in [-0.25, -0.2) is 14.6 Å². The van der Waals surface area contributed by atoms with Crippen molar-refractivity contribution in [1.29, 1.82) is 0 Å². The molecule has 2 aromatic heterocycles. The van der Waals surface area contributed by atoms with Gasteiger partial charge in [0, 0.05) is 48.5 Å². The minimum atomic E-state index is -0.511. The van der Waals surface area contributed by atoms with Gasteiger partial charge in [-0.05, 0) is 77.5 Å². The molecule has 0 saturated carbocycles. The lowest BCUT2D eigenvalue weighted by molar-refractivity contribution is -0.0366. The molecule has 3 N–H and O–H groups in total. The number of rotatable bonds is 11. The van der Waals surface area contributed by atoms with E-state index in [-0.39, 0.29) is 17.8 Å². The van der Waals surface area contributed by atoms with Gasteiger partial charge >= 0.3 is 6.09 Å². The summed E-state index contributed by atoms with van der Waals surface area (Å²) in [5, 5.41) is 18.4. The molecule has 0 spiro atoms. The Morgan fingerprint density at radius 2 is 2.05 bits per heavy atom. The average Bonchev–Trinajstić information content (AvgIpc) is 3.31. The number of anilines is 1. The van der Waals surface area contributed by atoms with Crippen LogP contribution in [0, 0.1) is 0 Å². The Morgan fingerprint density at radius 3 is 2.79 bits per heavy atom. The number of benzene rings is 1. The van der Waals surface area contributed by atoms with E-state index in [2.05, 4.69) is 25.9 Å². The summed E-state index contributed by atoms with van der Waals surface area (Å²) < 4.78 is 19.1. The van der Waals surface area contributed by atoms with Crippen molar-refractivity contribution in [3.05, 3.63) is 40.9 Å². The molecule has 3 aromatic rings. The molecule has 1 saturated heterocycles. The lowest BCUT2D eigenvalue weighted by Gasteiger charge is -2.23. The van der Waals surface area contributed by atoms with Crippen LogP contribution < -0.4 is 16.2 Å². The van der Waals surface area contributed by atoms with E-state index >= 15 is 0 Å². The molecule has 3 heterocycles. The van der Waals surface area contributed by atoms with Gasteiger partial charge in [0.2, 0.25) is 0 Å². The Morgan fingerprint density at radius 1 is 1.21 bits per heavy atom. The smallest absolute Gasteiger partial charge is 0.407 e. The lowest BCUT2D eigenvalue weighted by Crippen LogP contribution is -2.37. The number of nitrogens with zero attached hydrogens (tertiary/aromatic N) is 3. The second-order valence-electron chi connectivity index (χ2n) is 10.9. The largest absolute Gasteiger partial charge is 0.444 e. The summed E-state index contributed by atoms with van der Waals surface area (Å²) >= 11 is 0. The number of amides is 1. The molecule has 1 aromatic carbocycles. The highest BCUT2D eigenvalue weighted by atomic mass is 16.6. The van der Waals surface area contributed by atoms with E-state index in [4.69, 9.17) is 14.2 Å². The first-order valence-electron chi connectivity index (χ1n) is 13.7. The van der Waals surface area contributed by atoms with Gasteiger partial charge in [0.15, 0.2) is 6.23 Å². The van der Waals surface area contributed by atoms with Gasteiger partial charge < -0.3 is 24.8 Å². The molecule has 11 heteroatoms. The highest BCUT2D eigenvalue weighted by Gasteiger charge is 2.21. The zero-order valence-electron chi connectivity index (χ0n) is 23.3. The number of ether oxygens (including phenoxy) is 3. The Labute approximate surface area is 228 Å². The number of alkyl carbamates (subject to hydrolysis) is 1. The zero-order chi connectivity index (χ0) is 27.8. The molecule has 4 rings (SSSR count). The van der Waals surface area contributed by atoms with Gasteiger partial charge in [-0.15, -0.1) is 0 Å². The number of aromatic amines is 1. The van der Waals surface area contributed by atoms with Crippen molar-refractivity contribution in [3.63, 3.8) is 0 Å². The molecule has 11 nitrogen and oxygen atoms in total. The predicted octanol–water partition coefficient (Wildman–Crippen LogP) is 4.61. The van der Waals surface area contributed by atoms with E-state index in [0.717, 1.165) is 66.4 Å². The number of carbonyl (C=O) groups is 1. The third-order valence-electron chi connectivity index (χ3n) is 6.39. The van der Waals surface area contributed by atoms with Crippen LogP contribution in [0.4, 0.5) is 10.5 Å². The highest BCUT2D eigenvalue weighted by Crippen LogP contribution is 2.33. The Balaban J connectivity index is 1.34. The molecular weight excluding hydrogens is 500 g/mol. The summed E-state index contributed by atoms with van der Waals surface area (Å²) in [5.41, 5.74) is 2.68. The fourth-order valence-corrected chi connectivity index (χ4v) is 4.57. The molecule has 212 valence electrons. The van der Waals surface area contributed by atoms with Crippen LogP contribution in [0.15, 0.2) is 35.4 Å². The van der Waals surface area contributed by atoms with Crippen molar-refractivity contribution in [1.82, 2.24) is 25.3 Å². The molecule has 1 aliphatic heterocycles. The standard InChI is InChI=1S/C28H40N6O5/c1-19(32-27(36)39-28(2,3)4)8-7-11-37-13-10-29-23-14-20(21-16-25(35)33-30-17-21)15-24-22(23)18-31-34(24)26-9-5-6-12-38-26/h14-19,26,29H,5-13H2,1-4H3,(H,32,36)(H,33,35)/t19-,26?/m0/s1. The molecule has 1 unspecified atom stereocenters. The van der Waals surface area contributed by atoms with E-state index in [1.165, 1.54) is 6.07 Å². The number of nitrogens with one attached hydrogen (secondary N) is 3. The van der Waals surface area contributed by atoms with E-state index in [1.807, 2.05) is 50.7 Å². The van der Waals surface area contributed by atoms with E-state index < -0.39 is 11.7 Å². The number of fused-ring (bicyclic) bond motifs is 1. The molecule has 1 aliphatic rings. The summed E-state index contributed by atoms with van der Waals surface area (Å²) in [6.07, 6.45) is 7.68. The zero-order valence-corrected chi connectivity index (χ0v) is 23.3. The summed E-state index contributed by atoms with van der Waals surface area (Å²) in [6.45, 7) is 9.93. The second kappa shape index (κ2) is 13.1. The monoisotopic (exact) mass is 540 g/mol. The molecule has 0 bridgehead atoms. The van der Waals surface area contributed by atoms with Crippen molar-refractivity contribution in [2.24, 2.45) is 0 Å². The first-order chi connectivity index (χ1) is 18.7. The molecule has 0 radical (unpaired) electrons. The number of hydrogen-bond donors (Lipinski definition) is 3. The van der Waals surface area contributed by atoms with Crippen LogP contribution in [0.2, 0.25) is 0 Å². The molecule has 39 heavy (non-hydrogen) atoms. The third kappa shape index (κ3) is 8.27. The van der Waals surface area contributed by atoms with Crippen molar-refractivity contribution < 1.29 is 19.0 Å². The topological polar surface area (TPSA) is 132 Å². The van der Waals surface area contributed by atoms with Crippen LogP contribution in [0.5, 0.6) is 0 Å². The van der Waals surface area contributed by atoms with E-state index in [1.54, 1.807) is 6.20 Å². The lowest BCUT2D eigenvalue weighted by atomic mass is 10.0. The third-order valence-corrected chi connectivity index (χ3v) is 6.39. The maximum absolute atomic E-state index is 11.9. The Hall–Kier alpha value is -3.44. The van der Waals surface area contributed by atoms with Gasteiger partial charge in [-0.3, -0.25) is 4.79 Å². The van der Waals surface area contributed by atoms with Crippen LogP contribution in [-0.4, -0.2) is 64.1 Å². The minimum Gasteiger partial charge on any atom is -0.444 e. The average molecular weight is 541 g/mol. The number of carbonyl (C=O) groups excluding carboxylic acids is 1. The minimum absolute atomic E-state index is 0.00184. The fraction of sp³-hybridized carbons (Fsp3) is 0.571.